The molecule has 0 bridgehead atoms. The average Bonchev–Trinajstić information content (AvgIpc) is 3.33. The van der Waals surface area contributed by atoms with Crippen molar-refractivity contribution in [2.24, 2.45) is 5.41 Å². The minimum Gasteiger partial charge on any atom is -0.354 e. The van der Waals surface area contributed by atoms with Gasteiger partial charge in [0.1, 0.15) is 5.82 Å². The highest BCUT2D eigenvalue weighted by atomic mass is 19.4. The Balaban J connectivity index is 1.67. The molecule has 0 radical (unpaired) electrons. The van der Waals surface area contributed by atoms with Gasteiger partial charge in [-0.05, 0) is 43.2 Å². The molecule has 4 nitrogen and oxygen atoms in total. The molecule has 0 unspecified atom stereocenters. The van der Waals surface area contributed by atoms with Crippen LogP contribution in [0.15, 0.2) is 36.5 Å². The first-order valence-corrected chi connectivity index (χ1v) is 8.04. The summed E-state index contributed by atoms with van der Waals surface area (Å²) >= 11 is 0. The van der Waals surface area contributed by atoms with Crippen molar-refractivity contribution in [2.45, 2.75) is 32.5 Å². The normalized spacial score (nSPS) is 15.4. The summed E-state index contributed by atoms with van der Waals surface area (Å²) in [5.41, 5.74) is -0.720. The van der Waals surface area contributed by atoms with E-state index in [4.69, 9.17) is 0 Å². The molecule has 8 heteroatoms. The van der Waals surface area contributed by atoms with Crippen LogP contribution < -0.4 is 10.6 Å². The zero-order valence-electron chi connectivity index (χ0n) is 14.0. The van der Waals surface area contributed by atoms with Crippen LogP contribution in [0.2, 0.25) is 0 Å². The number of hydrogen-bond acceptors (Lipinski definition) is 3. The number of benzene rings is 1. The lowest BCUT2D eigenvalue weighted by Crippen LogP contribution is -2.30. The highest BCUT2D eigenvalue weighted by Gasteiger charge is 2.44. The fourth-order valence-electron chi connectivity index (χ4n) is 2.42. The first-order valence-electron chi connectivity index (χ1n) is 8.04. The van der Waals surface area contributed by atoms with Crippen molar-refractivity contribution in [3.8, 4) is 0 Å². The van der Waals surface area contributed by atoms with Crippen LogP contribution >= 0.6 is 0 Å². The van der Waals surface area contributed by atoms with E-state index < -0.39 is 17.6 Å². The number of alkyl halides is 3. The molecule has 3 rings (SSSR count). The molecular weight excluding hydrogens is 350 g/mol. The maximum Gasteiger partial charge on any atom is 0.418 e. The third kappa shape index (κ3) is 4.12. The highest BCUT2D eigenvalue weighted by Crippen LogP contribution is 2.45. The lowest BCUT2D eigenvalue weighted by molar-refractivity contribution is -0.137. The molecular formula is C18H17F4N3O. The zero-order valence-corrected chi connectivity index (χ0v) is 14.0. The van der Waals surface area contributed by atoms with Crippen LogP contribution in [0.25, 0.3) is 0 Å². The predicted molar refractivity (Wildman–Crippen MR) is 88.1 cm³/mol. The van der Waals surface area contributed by atoms with Crippen molar-refractivity contribution in [3.05, 3.63) is 53.6 Å². The van der Waals surface area contributed by atoms with Crippen LogP contribution in [0.1, 0.15) is 31.0 Å². The van der Waals surface area contributed by atoms with E-state index in [9.17, 15) is 22.4 Å². The summed E-state index contributed by atoms with van der Waals surface area (Å²) in [6.07, 6.45) is -1.58. The molecule has 1 fully saturated rings. The zero-order chi connectivity index (χ0) is 18.9. The highest BCUT2D eigenvalue weighted by molar-refractivity contribution is 5.84. The second-order valence-corrected chi connectivity index (χ2v) is 6.59. The molecule has 2 aromatic rings. The number of hydrogen-bond donors (Lipinski definition) is 2. The number of aromatic nitrogens is 1. The summed E-state index contributed by atoms with van der Waals surface area (Å²) in [5.74, 6) is -0.987. The van der Waals surface area contributed by atoms with Crippen molar-refractivity contribution >= 4 is 17.3 Å². The first kappa shape index (κ1) is 18.2. The third-order valence-electron chi connectivity index (χ3n) is 4.37. The Morgan fingerprint density at radius 3 is 2.54 bits per heavy atom. The lowest BCUT2D eigenvalue weighted by atomic mass is 10.1. The van der Waals surface area contributed by atoms with E-state index in [0.29, 0.717) is 17.4 Å². The van der Waals surface area contributed by atoms with Crippen LogP contribution in [0.3, 0.4) is 0 Å². The minimum atomic E-state index is -4.68. The number of anilines is 2. The Morgan fingerprint density at radius 1 is 1.23 bits per heavy atom. The van der Waals surface area contributed by atoms with Crippen molar-refractivity contribution in [2.75, 3.05) is 5.32 Å². The Morgan fingerprint density at radius 2 is 1.96 bits per heavy atom. The molecule has 1 aromatic carbocycles. The van der Waals surface area contributed by atoms with Crippen molar-refractivity contribution in [1.82, 2.24) is 10.3 Å². The Labute approximate surface area is 147 Å². The molecule has 26 heavy (non-hydrogen) atoms. The van der Waals surface area contributed by atoms with Gasteiger partial charge in [-0.25, -0.2) is 4.39 Å². The summed E-state index contributed by atoms with van der Waals surface area (Å²) in [7, 11) is 0. The topological polar surface area (TPSA) is 54.0 Å². The fraction of sp³-hybridized carbons (Fsp3) is 0.333. The first-order chi connectivity index (χ1) is 12.2. The number of carbonyl (C=O) groups is 1. The Bertz CT molecular complexity index is 814. The predicted octanol–water partition coefficient (Wildman–Crippen LogP) is 4.40. The molecule has 0 spiro atoms. The quantitative estimate of drug-likeness (QED) is 0.771. The number of halogens is 4. The monoisotopic (exact) mass is 367 g/mol. The maximum absolute atomic E-state index is 13.1. The van der Waals surface area contributed by atoms with Gasteiger partial charge in [0.15, 0.2) is 0 Å². The number of pyridine rings is 1. The second kappa shape index (κ2) is 6.59. The van der Waals surface area contributed by atoms with Gasteiger partial charge in [-0.2, -0.15) is 13.2 Å². The minimum absolute atomic E-state index is 0.0253. The van der Waals surface area contributed by atoms with Gasteiger partial charge in [-0.15, -0.1) is 0 Å². The van der Waals surface area contributed by atoms with E-state index in [-0.39, 0.29) is 23.6 Å². The summed E-state index contributed by atoms with van der Waals surface area (Å²) in [4.78, 5) is 16.0. The van der Waals surface area contributed by atoms with E-state index in [2.05, 4.69) is 15.6 Å². The third-order valence-corrected chi connectivity index (χ3v) is 4.37. The van der Waals surface area contributed by atoms with Crippen molar-refractivity contribution < 1.29 is 22.4 Å². The number of rotatable bonds is 5. The van der Waals surface area contributed by atoms with Gasteiger partial charge in [0, 0.05) is 5.41 Å². The van der Waals surface area contributed by atoms with E-state index in [1.807, 2.05) is 6.92 Å². The molecule has 1 heterocycles. The molecule has 0 aliphatic heterocycles. The summed E-state index contributed by atoms with van der Waals surface area (Å²) in [5, 5.41) is 5.39. The van der Waals surface area contributed by atoms with E-state index in [0.717, 1.165) is 25.0 Å². The number of carbonyl (C=O) groups excluding carboxylic acids is 1. The van der Waals surface area contributed by atoms with Crippen LogP contribution in [0.5, 0.6) is 0 Å². The van der Waals surface area contributed by atoms with E-state index >= 15 is 0 Å². The SMILES string of the molecule is CC1(C(=O)NCc2ccc(Nc3ccc(F)cc3C(F)(F)F)cn2)CC1. The largest absolute Gasteiger partial charge is 0.418 e. The van der Waals surface area contributed by atoms with Gasteiger partial charge in [0.25, 0.3) is 0 Å². The lowest BCUT2D eigenvalue weighted by Gasteiger charge is -2.15. The Hall–Kier alpha value is -2.64. The van der Waals surface area contributed by atoms with Crippen LogP contribution in [-0.4, -0.2) is 10.9 Å². The molecule has 2 N–H and O–H groups in total. The van der Waals surface area contributed by atoms with Gasteiger partial charge in [-0.3, -0.25) is 9.78 Å². The molecule has 1 saturated carbocycles. The smallest absolute Gasteiger partial charge is 0.354 e. The van der Waals surface area contributed by atoms with Gasteiger partial charge >= 0.3 is 6.18 Å². The molecule has 0 atom stereocenters. The molecule has 1 aromatic heterocycles. The van der Waals surface area contributed by atoms with Crippen LogP contribution in [-0.2, 0) is 17.5 Å². The molecule has 1 amide bonds. The maximum atomic E-state index is 13.1. The summed E-state index contributed by atoms with van der Waals surface area (Å²) in [6.45, 7) is 2.14. The van der Waals surface area contributed by atoms with Crippen molar-refractivity contribution in [1.29, 1.82) is 0 Å². The van der Waals surface area contributed by atoms with Gasteiger partial charge in [0.2, 0.25) is 5.91 Å². The van der Waals surface area contributed by atoms with E-state index in [1.54, 1.807) is 12.1 Å². The molecule has 1 aliphatic rings. The van der Waals surface area contributed by atoms with Crippen LogP contribution in [0.4, 0.5) is 28.9 Å². The van der Waals surface area contributed by atoms with E-state index in [1.165, 1.54) is 6.20 Å². The number of amides is 1. The molecule has 138 valence electrons. The average molecular weight is 367 g/mol. The molecule has 0 saturated heterocycles. The standard InChI is InChI=1S/C18H17F4N3O/c1-17(6-7-17)16(26)24-9-12-3-4-13(10-23-12)25-15-5-2-11(19)8-14(15)18(20,21)22/h2-5,8,10,25H,6-7,9H2,1H3,(H,24,26). The van der Waals surface area contributed by atoms with Crippen LogP contribution in [0, 0.1) is 11.2 Å². The summed E-state index contributed by atoms with van der Waals surface area (Å²) < 4.78 is 52.2. The van der Waals surface area contributed by atoms with Gasteiger partial charge in [-0.1, -0.05) is 6.92 Å². The number of nitrogens with one attached hydrogen (secondary N) is 2. The van der Waals surface area contributed by atoms with Gasteiger partial charge < -0.3 is 10.6 Å². The van der Waals surface area contributed by atoms with Crippen molar-refractivity contribution in [3.63, 3.8) is 0 Å². The fourth-order valence-corrected chi connectivity index (χ4v) is 2.42. The molecule has 1 aliphatic carbocycles. The summed E-state index contributed by atoms with van der Waals surface area (Å²) in [6, 6.07) is 5.58. The Kier molecular flexibility index (Phi) is 4.60. The number of nitrogens with zero attached hydrogens (tertiary/aromatic N) is 1. The second-order valence-electron chi connectivity index (χ2n) is 6.59. The van der Waals surface area contributed by atoms with Gasteiger partial charge in [0.05, 0.1) is 35.4 Å².